The third-order valence-electron chi connectivity index (χ3n) is 5.35. The van der Waals surface area contributed by atoms with E-state index in [9.17, 15) is 0 Å². The highest BCUT2D eigenvalue weighted by Crippen LogP contribution is 2.47. The maximum Gasteiger partial charge on any atom is 0.0686 e. The van der Waals surface area contributed by atoms with Crippen molar-refractivity contribution in [2.45, 2.75) is 57.6 Å². The zero-order valence-electron chi connectivity index (χ0n) is 13.0. The van der Waals surface area contributed by atoms with Crippen LogP contribution in [0.3, 0.4) is 0 Å². The van der Waals surface area contributed by atoms with E-state index < -0.39 is 0 Å². The third-order valence-corrected chi connectivity index (χ3v) is 5.35. The lowest BCUT2D eigenvalue weighted by Crippen LogP contribution is -2.47. The number of hydrogen-bond acceptors (Lipinski definition) is 2. The molecule has 2 heteroatoms. The van der Waals surface area contributed by atoms with Gasteiger partial charge in [0.05, 0.1) is 5.60 Å². The van der Waals surface area contributed by atoms with Gasteiger partial charge >= 0.3 is 0 Å². The number of nitrogens with one attached hydrogen (secondary N) is 1. The normalized spacial score (nSPS) is 26.2. The predicted octanol–water partition coefficient (Wildman–Crippen LogP) is 3.91. The molecule has 1 aromatic rings. The molecule has 1 N–H and O–H groups in total. The van der Waals surface area contributed by atoms with E-state index in [1.807, 2.05) is 0 Å². The van der Waals surface area contributed by atoms with Crippen molar-refractivity contribution in [1.29, 1.82) is 0 Å². The van der Waals surface area contributed by atoms with Crippen molar-refractivity contribution in [2.24, 2.45) is 5.92 Å². The number of hydrogen-bond donors (Lipinski definition) is 1. The van der Waals surface area contributed by atoms with Crippen molar-refractivity contribution in [3.63, 3.8) is 0 Å². The van der Waals surface area contributed by atoms with Gasteiger partial charge in [0, 0.05) is 12.6 Å². The molecule has 2 nitrogen and oxygen atoms in total. The molecule has 0 amide bonds. The van der Waals surface area contributed by atoms with Crippen LogP contribution in [0, 0.1) is 19.8 Å². The van der Waals surface area contributed by atoms with Gasteiger partial charge in [-0.1, -0.05) is 23.8 Å². The van der Waals surface area contributed by atoms with Gasteiger partial charge in [-0.25, -0.2) is 0 Å². The Balaban J connectivity index is 1.83. The summed E-state index contributed by atoms with van der Waals surface area (Å²) >= 11 is 0. The minimum atomic E-state index is 0.232. The van der Waals surface area contributed by atoms with Gasteiger partial charge < -0.3 is 10.1 Å². The van der Waals surface area contributed by atoms with Crippen molar-refractivity contribution >= 4 is 0 Å². The molecular weight excluding hydrogens is 246 g/mol. The Kier molecular flexibility index (Phi) is 3.87. The maximum atomic E-state index is 6.09. The van der Waals surface area contributed by atoms with Gasteiger partial charge in [0.25, 0.3) is 0 Å². The van der Waals surface area contributed by atoms with Crippen molar-refractivity contribution in [3.05, 3.63) is 34.9 Å². The lowest BCUT2D eigenvalue weighted by atomic mass is 9.69. The second-order valence-corrected chi connectivity index (χ2v) is 6.76. The molecule has 2 aliphatic rings. The molecule has 110 valence electrons. The Morgan fingerprint density at radius 2 is 2.10 bits per heavy atom. The molecule has 1 aromatic carbocycles. The fraction of sp³-hybridized carbons (Fsp3) is 0.667. The molecule has 20 heavy (non-hydrogen) atoms. The van der Waals surface area contributed by atoms with Gasteiger partial charge in [0.1, 0.15) is 0 Å². The standard InChI is InChI=1S/C18H27NO/c1-13-5-6-14(2)16(11-13)17(19-3)15-7-10-20-18(12-15)8-4-9-18/h5-6,11,15,17,19H,4,7-10,12H2,1-3H3. The molecule has 2 atom stereocenters. The van der Waals surface area contributed by atoms with E-state index in [2.05, 4.69) is 44.4 Å². The molecule has 2 unspecified atom stereocenters. The Bertz CT molecular complexity index is 478. The summed E-state index contributed by atoms with van der Waals surface area (Å²) in [5, 5.41) is 3.59. The molecule has 1 spiro atoms. The van der Waals surface area contributed by atoms with E-state index in [4.69, 9.17) is 4.74 Å². The van der Waals surface area contributed by atoms with Gasteiger partial charge in [-0.05, 0) is 70.0 Å². The second kappa shape index (κ2) is 5.50. The minimum Gasteiger partial charge on any atom is -0.375 e. The fourth-order valence-electron chi connectivity index (χ4n) is 4.01. The molecule has 1 aliphatic heterocycles. The van der Waals surface area contributed by atoms with Crippen LogP contribution in [0.5, 0.6) is 0 Å². The van der Waals surface area contributed by atoms with Gasteiger partial charge in [0.15, 0.2) is 0 Å². The fourth-order valence-corrected chi connectivity index (χ4v) is 4.01. The molecule has 1 saturated carbocycles. The first kappa shape index (κ1) is 14.1. The first-order chi connectivity index (χ1) is 9.63. The van der Waals surface area contributed by atoms with Crippen LogP contribution >= 0.6 is 0 Å². The Morgan fingerprint density at radius 1 is 1.30 bits per heavy atom. The summed E-state index contributed by atoms with van der Waals surface area (Å²) in [6, 6.07) is 7.30. The molecule has 1 heterocycles. The first-order valence-corrected chi connectivity index (χ1v) is 8.02. The number of ether oxygens (including phenoxy) is 1. The highest BCUT2D eigenvalue weighted by atomic mass is 16.5. The summed E-state index contributed by atoms with van der Waals surface area (Å²) in [5.41, 5.74) is 4.48. The highest BCUT2D eigenvalue weighted by Gasteiger charge is 2.44. The summed E-state index contributed by atoms with van der Waals surface area (Å²) in [6.07, 6.45) is 6.30. The van der Waals surface area contributed by atoms with E-state index in [0.717, 1.165) is 6.61 Å². The first-order valence-electron chi connectivity index (χ1n) is 8.02. The van der Waals surface area contributed by atoms with Crippen molar-refractivity contribution < 1.29 is 4.74 Å². The number of benzene rings is 1. The molecule has 3 rings (SSSR count). The van der Waals surface area contributed by atoms with Crippen LogP contribution in [0.25, 0.3) is 0 Å². The average Bonchev–Trinajstić information content (AvgIpc) is 2.42. The lowest BCUT2D eigenvalue weighted by Gasteiger charge is -2.49. The zero-order chi connectivity index (χ0) is 14.2. The van der Waals surface area contributed by atoms with Gasteiger partial charge in [-0.2, -0.15) is 0 Å². The largest absolute Gasteiger partial charge is 0.375 e. The number of rotatable bonds is 3. The van der Waals surface area contributed by atoms with Crippen LogP contribution in [-0.4, -0.2) is 19.3 Å². The van der Waals surface area contributed by atoms with Crippen LogP contribution in [0.1, 0.15) is 54.8 Å². The quantitative estimate of drug-likeness (QED) is 0.901. The number of aryl methyl sites for hydroxylation is 2. The lowest BCUT2D eigenvalue weighted by molar-refractivity contribution is -0.147. The Labute approximate surface area is 122 Å². The van der Waals surface area contributed by atoms with Crippen LogP contribution in [0.2, 0.25) is 0 Å². The molecule has 1 aliphatic carbocycles. The van der Waals surface area contributed by atoms with Crippen molar-refractivity contribution in [2.75, 3.05) is 13.7 Å². The minimum absolute atomic E-state index is 0.232. The Morgan fingerprint density at radius 3 is 2.75 bits per heavy atom. The van der Waals surface area contributed by atoms with Crippen LogP contribution in [-0.2, 0) is 4.74 Å². The third kappa shape index (κ3) is 2.51. The van der Waals surface area contributed by atoms with Crippen molar-refractivity contribution in [3.8, 4) is 0 Å². The predicted molar refractivity (Wildman–Crippen MR) is 83.0 cm³/mol. The topological polar surface area (TPSA) is 21.3 Å². The smallest absolute Gasteiger partial charge is 0.0686 e. The molecule has 0 aromatic heterocycles. The van der Waals surface area contributed by atoms with Gasteiger partial charge in [0.2, 0.25) is 0 Å². The molecule has 2 fully saturated rings. The van der Waals surface area contributed by atoms with E-state index in [0.29, 0.717) is 12.0 Å². The maximum absolute atomic E-state index is 6.09. The average molecular weight is 273 g/mol. The molecule has 1 saturated heterocycles. The van der Waals surface area contributed by atoms with Crippen LogP contribution < -0.4 is 5.32 Å². The highest BCUT2D eigenvalue weighted by molar-refractivity contribution is 5.33. The van der Waals surface area contributed by atoms with E-state index in [1.165, 1.54) is 48.8 Å². The summed E-state index contributed by atoms with van der Waals surface area (Å²) in [7, 11) is 2.11. The molecule has 0 bridgehead atoms. The molecular formula is C18H27NO. The second-order valence-electron chi connectivity index (χ2n) is 6.76. The molecule has 0 radical (unpaired) electrons. The monoisotopic (exact) mass is 273 g/mol. The summed E-state index contributed by atoms with van der Waals surface area (Å²) in [4.78, 5) is 0. The van der Waals surface area contributed by atoms with E-state index in [1.54, 1.807) is 0 Å². The van der Waals surface area contributed by atoms with Gasteiger partial charge in [-0.15, -0.1) is 0 Å². The van der Waals surface area contributed by atoms with E-state index in [-0.39, 0.29) is 5.60 Å². The summed E-state index contributed by atoms with van der Waals surface area (Å²) in [6.45, 7) is 5.36. The SMILES string of the molecule is CNC(c1cc(C)ccc1C)C1CCOC2(CCC2)C1. The van der Waals surface area contributed by atoms with Crippen LogP contribution in [0.4, 0.5) is 0 Å². The summed E-state index contributed by atoms with van der Waals surface area (Å²) in [5.74, 6) is 0.703. The van der Waals surface area contributed by atoms with Crippen LogP contribution in [0.15, 0.2) is 18.2 Å². The summed E-state index contributed by atoms with van der Waals surface area (Å²) < 4.78 is 6.09. The van der Waals surface area contributed by atoms with E-state index >= 15 is 0 Å². The van der Waals surface area contributed by atoms with Crippen molar-refractivity contribution in [1.82, 2.24) is 5.32 Å². The van der Waals surface area contributed by atoms with Gasteiger partial charge in [-0.3, -0.25) is 0 Å². The zero-order valence-corrected chi connectivity index (χ0v) is 13.0. The Hall–Kier alpha value is -0.860.